The highest BCUT2D eigenvalue weighted by Crippen LogP contribution is 2.18. The summed E-state index contributed by atoms with van der Waals surface area (Å²) in [5, 5.41) is 7.64. The van der Waals surface area contributed by atoms with Crippen LogP contribution in [0.1, 0.15) is 43.7 Å². The Morgan fingerprint density at radius 1 is 1.21 bits per heavy atom. The van der Waals surface area contributed by atoms with E-state index in [1.54, 1.807) is 0 Å². The van der Waals surface area contributed by atoms with Gasteiger partial charge in [0.1, 0.15) is 5.82 Å². The van der Waals surface area contributed by atoms with Crippen molar-refractivity contribution >= 4 is 11.8 Å². The largest absolute Gasteiger partial charge is 0.357 e. The molecule has 1 aliphatic heterocycles. The van der Waals surface area contributed by atoms with Crippen LogP contribution in [0.2, 0.25) is 0 Å². The van der Waals surface area contributed by atoms with E-state index >= 15 is 0 Å². The maximum Gasteiger partial charge on any atom is 0.194 e. The van der Waals surface area contributed by atoms with Crippen molar-refractivity contribution in [2.24, 2.45) is 12.0 Å². The van der Waals surface area contributed by atoms with E-state index in [4.69, 9.17) is 4.99 Å². The van der Waals surface area contributed by atoms with Gasteiger partial charge in [-0.3, -0.25) is 4.68 Å². The van der Waals surface area contributed by atoms with Crippen molar-refractivity contribution < 1.29 is 0 Å². The van der Waals surface area contributed by atoms with Crippen molar-refractivity contribution in [1.29, 1.82) is 0 Å². The van der Waals surface area contributed by atoms with Crippen LogP contribution in [0, 0.1) is 0 Å². The van der Waals surface area contributed by atoms with E-state index in [1.165, 1.54) is 36.8 Å². The molecule has 0 aromatic carbocycles. The second-order valence-corrected chi connectivity index (χ2v) is 7.47. The van der Waals surface area contributed by atoms with Crippen LogP contribution < -0.4 is 10.2 Å². The van der Waals surface area contributed by atoms with Crippen molar-refractivity contribution in [3.8, 4) is 0 Å². The maximum atomic E-state index is 4.85. The Labute approximate surface area is 168 Å². The number of aliphatic imine (C=N–C) groups is 1. The van der Waals surface area contributed by atoms with Crippen molar-refractivity contribution in [1.82, 2.24) is 25.0 Å². The summed E-state index contributed by atoms with van der Waals surface area (Å²) in [5.74, 6) is 1.99. The number of aromatic nitrogens is 3. The van der Waals surface area contributed by atoms with Crippen LogP contribution in [0.25, 0.3) is 0 Å². The van der Waals surface area contributed by atoms with Gasteiger partial charge in [0, 0.05) is 58.2 Å². The number of rotatable bonds is 6. The Kier molecular flexibility index (Phi) is 7.28. The van der Waals surface area contributed by atoms with Crippen LogP contribution in [-0.2, 0) is 20.1 Å². The first-order valence-electron chi connectivity index (χ1n) is 10.3. The minimum atomic E-state index is 0.642. The fraction of sp³-hybridized carbons (Fsp3) is 0.571. The topological polar surface area (TPSA) is 61.6 Å². The van der Waals surface area contributed by atoms with Crippen LogP contribution in [0.15, 0.2) is 35.7 Å². The van der Waals surface area contributed by atoms with E-state index < -0.39 is 0 Å². The van der Waals surface area contributed by atoms with Crippen LogP contribution in [-0.4, -0.2) is 52.3 Å². The first-order valence-corrected chi connectivity index (χ1v) is 10.3. The molecule has 0 saturated carbocycles. The molecular formula is C21H33N7. The molecule has 1 N–H and O–H groups in total. The number of nitrogens with one attached hydrogen (secondary N) is 1. The molecule has 3 rings (SSSR count). The Morgan fingerprint density at radius 2 is 2.00 bits per heavy atom. The zero-order valence-electron chi connectivity index (χ0n) is 17.4. The lowest BCUT2D eigenvalue weighted by molar-refractivity contribution is 0.476. The van der Waals surface area contributed by atoms with Gasteiger partial charge >= 0.3 is 0 Å². The van der Waals surface area contributed by atoms with Crippen molar-refractivity contribution in [3.05, 3.63) is 41.9 Å². The summed E-state index contributed by atoms with van der Waals surface area (Å²) in [6, 6.07) is 4.26. The molecule has 1 saturated heterocycles. The predicted molar refractivity (Wildman–Crippen MR) is 114 cm³/mol. The number of nitrogens with zero attached hydrogens (tertiary/aromatic N) is 6. The molecule has 2 aromatic heterocycles. The monoisotopic (exact) mass is 383 g/mol. The molecular weight excluding hydrogens is 350 g/mol. The Balaban J connectivity index is 1.67. The van der Waals surface area contributed by atoms with Crippen LogP contribution in [0.5, 0.6) is 0 Å². The van der Waals surface area contributed by atoms with Gasteiger partial charge < -0.3 is 15.1 Å². The third kappa shape index (κ3) is 5.71. The number of aryl methyl sites for hydroxylation is 1. The van der Waals surface area contributed by atoms with Crippen LogP contribution >= 0.6 is 0 Å². The Morgan fingerprint density at radius 3 is 2.68 bits per heavy atom. The third-order valence-corrected chi connectivity index (χ3v) is 5.03. The van der Waals surface area contributed by atoms with Gasteiger partial charge in [0.25, 0.3) is 0 Å². The minimum Gasteiger partial charge on any atom is -0.357 e. The van der Waals surface area contributed by atoms with Gasteiger partial charge in [0.15, 0.2) is 5.96 Å². The molecule has 3 heterocycles. The van der Waals surface area contributed by atoms with Gasteiger partial charge in [-0.15, -0.1) is 0 Å². The summed E-state index contributed by atoms with van der Waals surface area (Å²) >= 11 is 0. The molecule has 152 valence electrons. The fourth-order valence-electron chi connectivity index (χ4n) is 3.57. The molecule has 0 aliphatic carbocycles. The van der Waals surface area contributed by atoms with E-state index in [0.717, 1.165) is 38.0 Å². The molecule has 7 heteroatoms. The summed E-state index contributed by atoms with van der Waals surface area (Å²) in [6.45, 7) is 6.56. The number of anilines is 1. The zero-order chi connectivity index (χ0) is 19.8. The number of hydrogen-bond donors (Lipinski definition) is 1. The predicted octanol–water partition coefficient (Wildman–Crippen LogP) is 2.79. The molecule has 0 spiro atoms. The quantitative estimate of drug-likeness (QED) is 0.614. The van der Waals surface area contributed by atoms with Crippen molar-refractivity contribution in [2.45, 2.75) is 45.7 Å². The normalized spacial score (nSPS) is 15.4. The lowest BCUT2D eigenvalue weighted by Crippen LogP contribution is -2.38. The molecule has 2 aromatic rings. The van der Waals surface area contributed by atoms with E-state index in [0.29, 0.717) is 6.54 Å². The molecule has 0 radical (unpaired) electrons. The second-order valence-electron chi connectivity index (χ2n) is 7.47. The van der Waals surface area contributed by atoms with Gasteiger partial charge in [0.2, 0.25) is 0 Å². The highest BCUT2D eigenvalue weighted by molar-refractivity contribution is 5.79. The van der Waals surface area contributed by atoms with Gasteiger partial charge in [-0.25, -0.2) is 9.98 Å². The second kappa shape index (κ2) is 10.1. The van der Waals surface area contributed by atoms with Crippen LogP contribution in [0.4, 0.5) is 5.82 Å². The smallest absolute Gasteiger partial charge is 0.194 e. The Hall–Kier alpha value is -2.57. The van der Waals surface area contributed by atoms with Gasteiger partial charge in [-0.2, -0.15) is 5.10 Å². The van der Waals surface area contributed by atoms with Crippen molar-refractivity contribution in [3.63, 3.8) is 0 Å². The molecule has 28 heavy (non-hydrogen) atoms. The summed E-state index contributed by atoms with van der Waals surface area (Å²) in [6.07, 6.45) is 11.0. The number of guanidine groups is 1. The number of pyridine rings is 1. The molecule has 0 amide bonds. The fourth-order valence-corrected chi connectivity index (χ4v) is 3.57. The number of hydrogen-bond acceptors (Lipinski definition) is 4. The summed E-state index contributed by atoms with van der Waals surface area (Å²) in [7, 11) is 4.00. The van der Waals surface area contributed by atoms with Gasteiger partial charge in [0.05, 0.1) is 12.7 Å². The molecule has 0 unspecified atom stereocenters. The van der Waals surface area contributed by atoms with Gasteiger partial charge in [-0.05, 0) is 37.5 Å². The average molecular weight is 384 g/mol. The SMILES string of the molecule is CCNC(=NCc1ccnc(N2CCCCCC2)c1)N(C)Cc1cnn(C)c1. The average Bonchev–Trinajstić information content (AvgIpc) is 2.94. The molecule has 7 nitrogen and oxygen atoms in total. The molecule has 0 atom stereocenters. The van der Waals surface area contributed by atoms with E-state index in [9.17, 15) is 0 Å². The summed E-state index contributed by atoms with van der Waals surface area (Å²) < 4.78 is 1.83. The highest BCUT2D eigenvalue weighted by Gasteiger charge is 2.12. The van der Waals surface area contributed by atoms with E-state index in [2.05, 4.69) is 51.3 Å². The summed E-state index contributed by atoms with van der Waals surface area (Å²) in [4.78, 5) is 14.0. The van der Waals surface area contributed by atoms with E-state index in [-0.39, 0.29) is 0 Å². The third-order valence-electron chi connectivity index (χ3n) is 5.03. The van der Waals surface area contributed by atoms with Crippen molar-refractivity contribution in [2.75, 3.05) is 31.6 Å². The maximum absolute atomic E-state index is 4.85. The highest BCUT2D eigenvalue weighted by atomic mass is 15.3. The summed E-state index contributed by atoms with van der Waals surface area (Å²) in [5.41, 5.74) is 2.36. The first-order chi connectivity index (χ1) is 13.7. The molecule has 1 fully saturated rings. The zero-order valence-corrected chi connectivity index (χ0v) is 17.4. The Bertz CT molecular complexity index is 760. The minimum absolute atomic E-state index is 0.642. The molecule has 1 aliphatic rings. The lowest BCUT2D eigenvalue weighted by Gasteiger charge is -2.22. The van der Waals surface area contributed by atoms with Gasteiger partial charge in [-0.1, -0.05) is 12.8 Å². The van der Waals surface area contributed by atoms with Crippen LogP contribution in [0.3, 0.4) is 0 Å². The first kappa shape index (κ1) is 20.2. The van der Waals surface area contributed by atoms with E-state index in [1.807, 2.05) is 30.3 Å². The standard InChI is InChI=1S/C21H33N7/c1-4-22-21(26(2)16-19-15-25-27(3)17-19)24-14-18-9-10-23-20(13-18)28-11-7-5-6-8-12-28/h9-10,13,15,17H,4-8,11-12,14,16H2,1-3H3,(H,22,24). The molecule has 0 bridgehead atoms. The lowest BCUT2D eigenvalue weighted by atomic mass is 10.2.